The number of fused-ring (bicyclic) bond motifs is 2. The van der Waals surface area contributed by atoms with E-state index in [0.29, 0.717) is 18.4 Å². The molecule has 1 amide bonds. The number of hydrogen-bond acceptors (Lipinski definition) is 4. The first-order chi connectivity index (χ1) is 11.2. The van der Waals surface area contributed by atoms with Crippen molar-refractivity contribution in [3.63, 3.8) is 0 Å². The van der Waals surface area contributed by atoms with Crippen LogP contribution < -0.4 is 0 Å². The Labute approximate surface area is 142 Å². The molecule has 0 radical (unpaired) electrons. The summed E-state index contributed by atoms with van der Waals surface area (Å²) in [5.41, 5.74) is -0.0609. The number of piperidine rings is 1. The molecule has 2 bridgehead atoms. The molecule has 1 aromatic carbocycles. The summed E-state index contributed by atoms with van der Waals surface area (Å²) in [6.07, 6.45) is 2.52. The van der Waals surface area contributed by atoms with Crippen molar-refractivity contribution in [2.45, 2.75) is 69.7 Å². The lowest BCUT2D eigenvalue weighted by Crippen LogP contribution is -2.53. The van der Waals surface area contributed by atoms with Crippen molar-refractivity contribution in [2.75, 3.05) is 0 Å². The van der Waals surface area contributed by atoms with Crippen molar-refractivity contribution in [2.24, 2.45) is 0 Å². The zero-order chi connectivity index (χ0) is 17.5. The average Bonchev–Trinajstić information content (AvgIpc) is 2.79. The SMILES string of the molecule is CC(C)(C)OC(=O)N1C2CCC1CC(O)(c1ccc(C#N)cc1)C2. The number of nitrogens with zero attached hydrogens (tertiary/aromatic N) is 2. The Morgan fingerprint density at radius 1 is 1.25 bits per heavy atom. The number of aliphatic hydroxyl groups is 1. The van der Waals surface area contributed by atoms with Gasteiger partial charge in [0.2, 0.25) is 0 Å². The van der Waals surface area contributed by atoms with Gasteiger partial charge in [-0.05, 0) is 51.3 Å². The molecule has 2 atom stereocenters. The molecule has 0 saturated carbocycles. The summed E-state index contributed by atoms with van der Waals surface area (Å²) in [4.78, 5) is 14.3. The van der Waals surface area contributed by atoms with E-state index >= 15 is 0 Å². The summed E-state index contributed by atoms with van der Waals surface area (Å²) >= 11 is 0. The lowest BCUT2D eigenvalue weighted by atomic mass is 9.80. The molecule has 5 heteroatoms. The third-order valence-corrected chi connectivity index (χ3v) is 4.92. The molecular weight excluding hydrogens is 304 g/mol. The van der Waals surface area contributed by atoms with Gasteiger partial charge in [-0.15, -0.1) is 0 Å². The van der Waals surface area contributed by atoms with Gasteiger partial charge < -0.3 is 14.7 Å². The number of ether oxygens (including phenoxy) is 1. The summed E-state index contributed by atoms with van der Waals surface area (Å²) < 4.78 is 5.53. The van der Waals surface area contributed by atoms with E-state index < -0.39 is 11.2 Å². The molecule has 0 aromatic heterocycles. The zero-order valence-electron chi connectivity index (χ0n) is 14.5. The monoisotopic (exact) mass is 328 g/mol. The van der Waals surface area contributed by atoms with Crippen LogP contribution in [0.1, 0.15) is 57.6 Å². The number of carbonyl (C=O) groups is 1. The summed E-state index contributed by atoms with van der Waals surface area (Å²) in [7, 11) is 0. The molecule has 2 fully saturated rings. The number of carbonyl (C=O) groups excluding carboxylic acids is 1. The first-order valence-electron chi connectivity index (χ1n) is 8.46. The molecule has 2 saturated heterocycles. The Morgan fingerprint density at radius 2 is 1.79 bits per heavy atom. The topological polar surface area (TPSA) is 73.6 Å². The van der Waals surface area contributed by atoms with E-state index in [1.165, 1.54) is 0 Å². The van der Waals surface area contributed by atoms with Crippen molar-refractivity contribution in [3.05, 3.63) is 35.4 Å². The second kappa shape index (κ2) is 5.78. The first-order valence-corrected chi connectivity index (χ1v) is 8.46. The van der Waals surface area contributed by atoms with Gasteiger partial charge in [0.25, 0.3) is 0 Å². The zero-order valence-corrected chi connectivity index (χ0v) is 14.5. The van der Waals surface area contributed by atoms with Crippen molar-refractivity contribution < 1.29 is 14.6 Å². The van der Waals surface area contributed by atoms with Gasteiger partial charge in [0.05, 0.1) is 17.2 Å². The van der Waals surface area contributed by atoms with E-state index in [4.69, 9.17) is 10.00 Å². The Kier molecular flexibility index (Phi) is 4.05. The maximum Gasteiger partial charge on any atom is 0.410 e. The molecule has 2 aliphatic rings. The van der Waals surface area contributed by atoms with Crippen molar-refractivity contribution in [3.8, 4) is 6.07 Å². The maximum absolute atomic E-state index is 12.5. The van der Waals surface area contributed by atoms with Crippen LogP contribution in [0.2, 0.25) is 0 Å². The van der Waals surface area contributed by atoms with Gasteiger partial charge in [-0.1, -0.05) is 12.1 Å². The normalized spacial score (nSPS) is 29.2. The maximum atomic E-state index is 12.5. The van der Waals surface area contributed by atoms with Gasteiger partial charge in [0, 0.05) is 24.9 Å². The second-order valence-corrected chi connectivity index (χ2v) is 7.90. The Bertz CT molecular complexity index is 655. The molecule has 0 spiro atoms. The summed E-state index contributed by atoms with van der Waals surface area (Å²) in [6, 6.07) is 9.20. The highest BCUT2D eigenvalue weighted by Gasteiger charge is 2.51. The lowest BCUT2D eigenvalue weighted by molar-refractivity contribution is -0.0624. The van der Waals surface area contributed by atoms with Crippen molar-refractivity contribution in [1.82, 2.24) is 4.90 Å². The Morgan fingerprint density at radius 3 is 2.25 bits per heavy atom. The fourth-order valence-electron chi connectivity index (χ4n) is 3.93. The van der Waals surface area contributed by atoms with E-state index in [1.807, 2.05) is 37.8 Å². The predicted molar refractivity (Wildman–Crippen MR) is 89.2 cm³/mol. The highest BCUT2D eigenvalue weighted by atomic mass is 16.6. The summed E-state index contributed by atoms with van der Waals surface area (Å²) in [5.74, 6) is 0. The number of nitriles is 1. The molecule has 5 nitrogen and oxygen atoms in total. The van der Waals surface area contributed by atoms with E-state index in [1.54, 1.807) is 12.1 Å². The minimum atomic E-state index is -0.946. The molecule has 0 aliphatic carbocycles. The molecule has 128 valence electrons. The minimum Gasteiger partial charge on any atom is -0.444 e. The molecule has 2 unspecified atom stereocenters. The van der Waals surface area contributed by atoms with E-state index in [-0.39, 0.29) is 18.2 Å². The van der Waals surface area contributed by atoms with Crippen LogP contribution >= 0.6 is 0 Å². The number of hydrogen-bond donors (Lipinski definition) is 1. The van der Waals surface area contributed by atoms with Crippen LogP contribution in [0.25, 0.3) is 0 Å². The van der Waals surface area contributed by atoms with Gasteiger partial charge in [0.1, 0.15) is 5.60 Å². The van der Waals surface area contributed by atoms with Gasteiger partial charge in [0.15, 0.2) is 0 Å². The third-order valence-electron chi connectivity index (χ3n) is 4.92. The van der Waals surface area contributed by atoms with Crippen molar-refractivity contribution >= 4 is 6.09 Å². The smallest absolute Gasteiger partial charge is 0.410 e. The third kappa shape index (κ3) is 3.11. The van der Waals surface area contributed by atoms with Gasteiger partial charge in [-0.3, -0.25) is 0 Å². The summed E-state index contributed by atoms with van der Waals surface area (Å²) in [5, 5.41) is 20.1. The van der Waals surface area contributed by atoms with Crippen LogP contribution in [0.3, 0.4) is 0 Å². The standard InChI is InChI=1S/C19H24N2O3/c1-18(2,3)24-17(22)21-15-8-9-16(21)11-19(23,10-15)14-6-4-13(12-20)5-7-14/h4-7,15-16,23H,8-11H2,1-3H3. The first kappa shape index (κ1) is 16.8. The van der Waals surface area contributed by atoms with E-state index in [0.717, 1.165) is 18.4 Å². The van der Waals surface area contributed by atoms with E-state index in [2.05, 4.69) is 6.07 Å². The minimum absolute atomic E-state index is 0.000701. The van der Waals surface area contributed by atoms with E-state index in [9.17, 15) is 9.90 Å². The second-order valence-electron chi connectivity index (χ2n) is 7.90. The van der Waals surface area contributed by atoms with Crippen LogP contribution in [-0.4, -0.2) is 33.8 Å². The van der Waals surface area contributed by atoms with Gasteiger partial charge in [-0.2, -0.15) is 5.26 Å². The molecule has 1 N–H and O–H groups in total. The molecule has 24 heavy (non-hydrogen) atoms. The molecule has 2 heterocycles. The van der Waals surface area contributed by atoms with Gasteiger partial charge >= 0.3 is 6.09 Å². The van der Waals surface area contributed by atoms with Crippen LogP contribution in [-0.2, 0) is 10.3 Å². The average molecular weight is 328 g/mol. The van der Waals surface area contributed by atoms with Crippen LogP contribution in [0.5, 0.6) is 0 Å². The number of rotatable bonds is 1. The highest BCUT2D eigenvalue weighted by Crippen LogP contribution is 2.46. The Balaban J connectivity index is 1.79. The molecule has 2 aliphatic heterocycles. The Hall–Kier alpha value is -2.06. The number of benzene rings is 1. The number of amides is 1. The lowest BCUT2D eigenvalue weighted by Gasteiger charge is -2.44. The fraction of sp³-hybridized carbons (Fsp3) is 0.579. The van der Waals surface area contributed by atoms with Gasteiger partial charge in [-0.25, -0.2) is 4.79 Å². The largest absolute Gasteiger partial charge is 0.444 e. The molecular formula is C19H24N2O3. The molecule has 3 rings (SSSR count). The summed E-state index contributed by atoms with van der Waals surface area (Å²) in [6.45, 7) is 5.59. The highest BCUT2D eigenvalue weighted by molar-refractivity contribution is 5.69. The quantitative estimate of drug-likeness (QED) is 0.858. The predicted octanol–water partition coefficient (Wildman–Crippen LogP) is 3.31. The van der Waals surface area contributed by atoms with Crippen molar-refractivity contribution in [1.29, 1.82) is 5.26 Å². The van der Waals surface area contributed by atoms with Crippen LogP contribution in [0, 0.1) is 11.3 Å². The van der Waals surface area contributed by atoms with Crippen LogP contribution in [0.4, 0.5) is 4.79 Å². The van der Waals surface area contributed by atoms with Crippen LogP contribution in [0.15, 0.2) is 24.3 Å². The molecule has 1 aromatic rings. The fourth-order valence-corrected chi connectivity index (χ4v) is 3.93.